The number of hydrogen-bond acceptors (Lipinski definition) is 6. The number of piperidine rings is 1. The van der Waals surface area contributed by atoms with Crippen LogP contribution in [-0.4, -0.2) is 62.2 Å². The number of carbonyl (C=O) groups is 1. The number of anilines is 2. The third-order valence-electron chi connectivity index (χ3n) is 6.64. The van der Waals surface area contributed by atoms with Gasteiger partial charge < -0.3 is 19.4 Å². The van der Waals surface area contributed by atoms with Gasteiger partial charge >= 0.3 is 0 Å². The summed E-state index contributed by atoms with van der Waals surface area (Å²) in [6, 6.07) is 12.4. The number of aryl methyl sites for hydroxylation is 1. The highest BCUT2D eigenvalue weighted by Crippen LogP contribution is 2.34. The molecule has 7 heteroatoms. The van der Waals surface area contributed by atoms with Gasteiger partial charge in [0.2, 0.25) is 5.91 Å². The van der Waals surface area contributed by atoms with Gasteiger partial charge in [0.25, 0.3) is 0 Å². The Labute approximate surface area is 193 Å². The Morgan fingerprint density at radius 2 is 1.91 bits per heavy atom. The minimum Gasteiger partial charge on any atom is -0.495 e. The zero-order valence-electron chi connectivity index (χ0n) is 18.8. The minimum atomic E-state index is 0.0401. The van der Waals surface area contributed by atoms with Crippen molar-refractivity contribution in [3.05, 3.63) is 47.5 Å². The first-order valence-electron chi connectivity index (χ1n) is 11.4. The zero-order valence-corrected chi connectivity index (χ0v) is 19.6. The molecule has 4 heterocycles. The lowest BCUT2D eigenvalue weighted by Crippen LogP contribution is -2.52. The van der Waals surface area contributed by atoms with Crippen LogP contribution in [0, 0.1) is 12.8 Å². The highest BCUT2D eigenvalue weighted by Gasteiger charge is 2.32. The van der Waals surface area contributed by atoms with Gasteiger partial charge in [-0.2, -0.15) is 0 Å². The fourth-order valence-corrected chi connectivity index (χ4v) is 5.93. The Balaban J connectivity index is 1.25. The monoisotopic (exact) mass is 450 g/mol. The molecule has 5 rings (SSSR count). The summed E-state index contributed by atoms with van der Waals surface area (Å²) >= 11 is 1.81. The molecular weight excluding hydrogens is 420 g/mol. The third kappa shape index (κ3) is 4.01. The molecule has 0 bridgehead atoms. The molecule has 0 spiro atoms. The number of aromatic nitrogens is 1. The molecule has 0 saturated carbocycles. The highest BCUT2D eigenvalue weighted by atomic mass is 32.1. The maximum absolute atomic E-state index is 13.4. The molecule has 6 nitrogen and oxygen atoms in total. The third-order valence-corrected chi connectivity index (χ3v) is 7.65. The van der Waals surface area contributed by atoms with Gasteiger partial charge in [-0.05, 0) is 44.0 Å². The van der Waals surface area contributed by atoms with Crippen molar-refractivity contribution >= 4 is 38.8 Å². The van der Waals surface area contributed by atoms with E-state index in [1.54, 1.807) is 18.4 Å². The van der Waals surface area contributed by atoms with Crippen molar-refractivity contribution in [3.8, 4) is 5.75 Å². The topological polar surface area (TPSA) is 48.9 Å². The number of pyridine rings is 1. The van der Waals surface area contributed by atoms with Crippen LogP contribution in [0.25, 0.3) is 10.1 Å². The fraction of sp³-hybridized carbons (Fsp3) is 0.440. The van der Waals surface area contributed by atoms with Gasteiger partial charge in [-0.1, -0.05) is 12.1 Å². The summed E-state index contributed by atoms with van der Waals surface area (Å²) in [5, 5.41) is 1.22. The summed E-state index contributed by atoms with van der Waals surface area (Å²) in [5.41, 5.74) is 1.11. The number of amides is 1. The molecule has 1 atom stereocenters. The average molecular weight is 451 g/mol. The molecule has 1 aromatic carbocycles. The van der Waals surface area contributed by atoms with E-state index < -0.39 is 0 Å². The van der Waals surface area contributed by atoms with Crippen molar-refractivity contribution in [1.82, 2.24) is 9.88 Å². The maximum atomic E-state index is 13.4. The van der Waals surface area contributed by atoms with E-state index >= 15 is 0 Å². The molecule has 2 aromatic heterocycles. The fourth-order valence-electron chi connectivity index (χ4n) is 5.02. The van der Waals surface area contributed by atoms with Crippen LogP contribution >= 0.6 is 11.3 Å². The number of hydrogen-bond donors (Lipinski definition) is 0. The quantitative estimate of drug-likeness (QED) is 0.597. The molecule has 1 unspecified atom stereocenters. The molecule has 168 valence electrons. The van der Waals surface area contributed by atoms with Crippen LogP contribution in [0.4, 0.5) is 11.5 Å². The molecule has 1 amide bonds. The number of benzene rings is 1. The van der Waals surface area contributed by atoms with E-state index in [0.717, 1.165) is 69.4 Å². The second kappa shape index (κ2) is 8.98. The van der Waals surface area contributed by atoms with Gasteiger partial charge in [-0.25, -0.2) is 4.98 Å². The van der Waals surface area contributed by atoms with Crippen LogP contribution in [-0.2, 0) is 4.79 Å². The van der Waals surface area contributed by atoms with Crippen molar-refractivity contribution in [2.24, 2.45) is 5.92 Å². The number of methoxy groups -OCH3 is 1. The first kappa shape index (κ1) is 21.1. The lowest BCUT2D eigenvalue weighted by Gasteiger charge is -2.40. The van der Waals surface area contributed by atoms with Crippen LogP contribution in [0.2, 0.25) is 0 Å². The van der Waals surface area contributed by atoms with Gasteiger partial charge in [0.1, 0.15) is 11.6 Å². The predicted octanol–water partition coefficient (Wildman–Crippen LogP) is 4.18. The zero-order chi connectivity index (χ0) is 22.1. The smallest absolute Gasteiger partial charge is 0.227 e. The Bertz CT molecular complexity index is 1110. The summed E-state index contributed by atoms with van der Waals surface area (Å²) in [6.45, 7) is 7.03. The van der Waals surface area contributed by atoms with E-state index in [1.165, 1.54) is 15.0 Å². The van der Waals surface area contributed by atoms with E-state index in [9.17, 15) is 4.79 Å². The lowest BCUT2D eigenvalue weighted by atomic mass is 9.96. The standard InChI is InChI=1S/C25H30N4O2S/c1-18-16-20-23(32-18)9-10-26-24(20)29-11-5-6-19(17-29)25(30)28-14-12-27(13-15-28)21-7-3-4-8-22(21)31-2/h3-4,7-10,16,19H,5-6,11-15,17H2,1-2H3. The molecule has 0 radical (unpaired) electrons. The molecule has 2 aliphatic rings. The van der Waals surface area contributed by atoms with Crippen molar-refractivity contribution in [3.63, 3.8) is 0 Å². The van der Waals surface area contributed by atoms with Crippen molar-refractivity contribution in [1.29, 1.82) is 0 Å². The Kier molecular flexibility index (Phi) is 5.91. The maximum Gasteiger partial charge on any atom is 0.227 e. The van der Waals surface area contributed by atoms with E-state index in [2.05, 4.69) is 39.8 Å². The van der Waals surface area contributed by atoms with Gasteiger partial charge in [0.15, 0.2) is 0 Å². The number of ether oxygens (including phenoxy) is 1. The second-order valence-electron chi connectivity index (χ2n) is 8.67. The SMILES string of the molecule is COc1ccccc1N1CCN(C(=O)C2CCCN(c3nccc4sc(C)cc34)C2)CC1. The number of nitrogens with zero attached hydrogens (tertiary/aromatic N) is 4. The van der Waals surface area contributed by atoms with Crippen LogP contribution in [0.3, 0.4) is 0 Å². The summed E-state index contributed by atoms with van der Waals surface area (Å²) < 4.78 is 6.79. The average Bonchev–Trinajstić information content (AvgIpc) is 3.24. The van der Waals surface area contributed by atoms with Crippen LogP contribution in [0.15, 0.2) is 42.6 Å². The van der Waals surface area contributed by atoms with Crippen LogP contribution in [0.5, 0.6) is 5.75 Å². The number of para-hydroxylation sites is 2. The second-order valence-corrected chi connectivity index (χ2v) is 9.96. The molecule has 2 fully saturated rings. The number of rotatable bonds is 4. The first-order chi connectivity index (χ1) is 15.6. The van der Waals surface area contributed by atoms with E-state index in [1.807, 2.05) is 24.4 Å². The number of fused-ring (bicyclic) bond motifs is 1. The number of thiophene rings is 1. The molecule has 2 aliphatic heterocycles. The first-order valence-corrected chi connectivity index (χ1v) is 12.2. The summed E-state index contributed by atoms with van der Waals surface area (Å²) in [7, 11) is 1.71. The number of piperazine rings is 1. The molecule has 0 N–H and O–H groups in total. The highest BCUT2D eigenvalue weighted by molar-refractivity contribution is 7.19. The number of carbonyl (C=O) groups excluding carboxylic acids is 1. The lowest BCUT2D eigenvalue weighted by molar-refractivity contribution is -0.136. The van der Waals surface area contributed by atoms with E-state index in [0.29, 0.717) is 5.91 Å². The Morgan fingerprint density at radius 3 is 2.72 bits per heavy atom. The van der Waals surface area contributed by atoms with Crippen molar-refractivity contribution in [2.45, 2.75) is 19.8 Å². The molecule has 32 heavy (non-hydrogen) atoms. The van der Waals surface area contributed by atoms with Crippen LogP contribution < -0.4 is 14.5 Å². The van der Waals surface area contributed by atoms with E-state index in [4.69, 9.17) is 9.72 Å². The van der Waals surface area contributed by atoms with Gasteiger partial charge in [-0.15, -0.1) is 11.3 Å². The molecule has 0 aliphatic carbocycles. The predicted molar refractivity (Wildman–Crippen MR) is 131 cm³/mol. The summed E-state index contributed by atoms with van der Waals surface area (Å²) in [6.07, 6.45) is 3.88. The Morgan fingerprint density at radius 1 is 1.09 bits per heavy atom. The van der Waals surface area contributed by atoms with E-state index in [-0.39, 0.29) is 5.92 Å². The minimum absolute atomic E-state index is 0.0401. The summed E-state index contributed by atoms with van der Waals surface area (Å²) in [5.74, 6) is 2.26. The van der Waals surface area contributed by atoms with Gasteiger partial charge in [0, 0.05) is 60.4 Å². The molecule has 2 saturated heterocycles. The van der Waals surface area contributed by atoms with Gasteiger partial charge in [0.05, 0.1) is 18.7 Å². The normalized spacial score (nSPS) is 19.4. The van der Waals surface area contributed by atoms with Crippen LogP contribution in [0.1, 0.15) is 17.7 Å². The largest absolute Gasteiger partial charge is 0.495 e. The molecule has 3 aromatic rings. The molecular formula is C25H30N4O2S. The summed E-state index contributed by atoms with van der Waals surface area (Å²) in [4.78, 5) is 26.1. The Hall–Kier alpha value is -2.80. The van der Waals surface area contributed by atoms with Crippen molar-refractivity contribution < 1.29 is 9.53 Å². The van der Waals surface area contributed by atoms with Gasteiger partial charge in [-0.3, -0.25) is 4.79 Å². The van der Waals surface area contributed by atoms with Crippen molar-refractivity contribution in [2.75, 3.05) is 56.2 Å².